The molecule has 0 fully saturated rings. The van der Waals surface area contributed by atoms with Crippen molar-refractivity contribution in [3.63, 3.8) is 0 Å². The molecule has 1 aromatic heterocycles. The molecule has 1 amide bonds. The van der Waals surface area contributed by atoms with E-state index in [-0.39, 0.29) is 5.91 Å². The maximum Gasteiger partial charge on any atom is 0.224 e. The van der Waals surface area contributed by atoms with Crippen LogP contribution < -0.4 is 10.1 Å². The zero-order chi connectivity index (χ0) is 16.1. The van der Waals surface area contributed by atoms with Gasteiger partial charge in [0.25, 0.3) is 0 Å². The molecule has 1 N–H and O–H groups in total. The van der Waals surface area contributed by atoms with Crippen LogP contribution in [0.5, 0.6) is 5.75 Å². The van der Waals surface area contributed by atoms with Crippen LogP contribution in [-0.4, -0.2) is 18.0 Å². The summed E-state index contributed by atoms with van der Waals surface area (Å²) in [6, 6.07) is 17.3. The second kappa shape index (κ2) is 6.92. The van der Waals surface area contributed by atoms with E-state index in [2.05, 4.69) is 10.3 Å². The van der Waals surface area contributed by atoms with Crippen LogP contribution in [0.2, 0.25) is 0 Å². The van der Waals surface area contributed by atoms with E-state index >= 15 is 0 Å². The topological polar surface area (TPSA) is 51.2 Å². The van der Waals surface area contributed by atoms with Gasteiger partial charge in [0.15, 0.2) is 0 Å². The molecule has 3 aromatic rings. The van der Waals surface area contributed by atoms with Gasteiger partial charge in [-0.2, -0.15) is 0 Å². The summed E-state index contributed by atoms with van der Waals surface area (Å²) in [6.07, 6.45) is 2.78. The number of hydrogen-bond donors (Lipinski definition) is 1. The lowest BCUT2D eigenvalue weighted by atomic mass is 10.1. The average Bonchev–Trinajstić information content (AvgIpc) is 2.60. The molecule has 0 spiro atoms. The van der Waals surface area contributed by atoms with Crippen molar-refractivity contribution in [2.45, 2.75) is 12.8 Å². The number of hydrogen-bond acceptors (Lipinski definition) is 3. The minimum atomic E-state index is -0.0211. The third-order valence-electron chi connectivity index (χ3n) is 3.73. The molecule has 1 heterocycles. The van der Waals surface area contributed by atoms with Crippen molar-refractivity contribution in [3.05, 3.63) is 66.4 Å². The minimum absolute atomic E-state index is 0.0211. The number of rotatable bonds is 5. The summed E-state index contributed by atoms with van der Waals surface area (Å²) >= 11 is 0. The first-order valence-electron chi connectivity index (χ1n) is 7.53. The molecule has 0 saturated carbocycles. The molecule has 0 atom stereocenters. The molecule has 116 valence electrons. The first-order valence-corrected chi connectivity index (χ1v) is 7.53. The first kappa shape index (κ1) is 15.0. The van der Waals surface area contributed by atoms with Gasteiger partial charge in [-0.3, -0.25) is 9.78 Å². The normalized spacial score (nSPS) is 10.5. The van der Waals surface area contributed by atoms with Crippen LogP contribution >= 0.6 is 0 Å². The van der Waals surface area contributed by atoms with E-state index in [0.29, 0.717) is 12.8 Å². The number of amides is 1. The molecule has 0 bridgehead atoms. The molecule has 0 unspecified atom stereocenters. The van der Waals surface area contributed by atoms with Gasteiger partial charge in [0.05, 0.1) is 18.3 Å². The molecular formula is C19H18N2O2. The minimum Gasteiger partial charge on any atom is -0.496 e. The van der Waals surface area contributed by atoms with E-state index in [0.717, 1.165) is 27.9 Å². The van der Waals surface area contributed by atoms with Crippen molar-refractivity contribution in [2.24, 2.45) is 0 Å². The zero-order valence-electron chi connectivity index (χ0n) is 13.0. The van der Waals surface area contributed by atoms with Gasteiger partial charge in [0.2, 0.25) is 5.91 Å². The van der Waals surface area contributed by atoms with Gasteiger partial charge in [-0.15, -0.1) is 0 Å². The fourth-order valence-corrected chi connectivity index (χ4v) is 2.58. The number of methoxy groups -OCH3 is 1. The number of aromatic nitrogens is 1. The second-order valence-electron chi connectivity index (χ2n) is 5.24. The quantitative estimate of drug-likeness (QED) is 0.779. The largest absolute Gasteiger partial charge is 0.496 e. The Morgan fingerprint density at radius 2 is 1.96 bits per heavy atom. The lowest BCUT2D eigenvalue weighted by molar-refractivity contribution is -0.116. The molecule has 4 nitrogen and oxygen atoms in total. The lowest BCUT2D eigenvalue weighted by Gasteiger charge is -2.10. The lowest BCUT2D eigenvalue weighted by Crippen LogP contribution is -2.12. The van der Waals surface area contributed by atoms with Gasteiger partial charge in [0.1, 0.15) is 5.75 Å². The number of carbonyl (C=O) groups is 1. The highest BCUT2D eigenvalue weighted by atomic mass is 16.5. The fourth-order valence-electron chi connectivity index (χ4n) is 2.58. The van der Waals surface area contributed by atoms with Crippen molar-refractivity contribution in [1.29, 1.82) is 0 Å². The summed E-state index contributed by atoms with van der Waals surface area (Å²) < 4.78 is 5.31. The number of benzene rings is 2. The van der Waals surface area contributed by atoms with E-state index in [1.807, 2.05) is 54.6 Å². The Hall–Kier alpha value is -2.88. The van der Waals surface area contributed by atoms with Crippen molar-refractivity contribution in [2.75, 3.05) is 12.4 Å². The molecule has 4 heteroatoms. The number of anilines is 1. The first-order chi connectivity index (χ1) is 11.3. The third-order valence-corrected chi connectivity index (χ3v) is 3.73. The standard InChI is InChI=1S/C19H18N2O2/c1-23-18-10-3-2-6-14(18)11-12-19(22)21-17-9-4-8-16-15(17)7-5-13-20-16/h2-10,13H,11-12H2,1H3,(H,21,22). The average molecular weight is 306 g/mol. The molecule has 3 rings (SSSR count). The molecule has 0 aliphatic heterocycles. The van der Waals surface area contributed by atoms with E-state index in [9.17, 15) is 4.79 Å². The highest BCUT2D eigenvalue weighted by Gasteiger charge is 2.08. The molecule has 23 heavy (non-hydrogen) atoms. The van der Waals surface area contributed by atoms with Crippen molar-refractivity contribution < 1.29 is 9.53 Å². The maximum absolute atomic E-state index is 12.3. The zero-order valence-corrected chi connectivity index (χ0v) is 13.0. The van der Waals surface area contributed by atoms with E-state index in [1.54, 1.807) is 13.3 Å². The Labute approximate surface area is 135 Å². The monoisotopic (exact) mass is 306 g/mol. The number of ether oxygens (including phenoxy) is 1. The number of fused-ring (bicyclic) bond motifs is 1. The van der Waals surface area contributed by atoms with Gasteiger partial charge in [-0.1, -0.05) is 24.3 Å². The molecule has 0 aliphatic carbocycles. The Morgan fingerprint density at radius 1 is 1.09 bits per heavy atom. The number of para-hydroxylation sites is 1. The maximum atomic E-state index is 12.3. The summed E-state index contributed by atoms with van der Waals surface area (Å²) in [5, 5.41) is 3.92. The predicted octanol–water partition coefficient (Wildman–Crippen LogP) is 3.81. The van der Waals surface area contributed by atoms with Crippen molar-refractivity contribution in [1.82, 2.24) is 4.98 Å². The Kier molecular flexibility index (Phi) is 4.52. The van der Waals surface area contributed by atoms with Crippen LogP contribution in [0.4, 0.5) is 5.69 Å². The Bertz CT molecular complexity index is 825. The van der Waals surface area contributed by atoms with Crippen LogP contribution in [0.1, 0.15) is 12.0 Å². The third kappa shape index (κ3) is 3.48. The summed E-state index contributed by atoms with van der Waals surface area (Å²) in [6.45, 7) is 0. The van der Waals surface area contributed by atoms with Gasteiger partial charge in [0, 0.05) is 18.0 Å². The number of carbonyl (C=O) groups excluding carboxylic acids is 1. The van der Waals surface area contributed by atoms with Crippen molar-refractivity contribution >= 4 is 22.5 Å². The number of aryl methyl sites for hydroxylation is 1. The highest BCUT2D eigenvalue weighted by Crippen LogP contribution is 2.22. The summed E-state index contributed by atoms with van der Waals surface area (Å²) in [5.41, 5.74) is 2.69. The molecule has 2 aromatic carbocycles. The second-order valence-corrected chi connectivity index (χ2v) is 5.24. The van der Waals surface area contributed by atoms with Crippen LogP contribution in [0.3, 0.4) is 0 Å². The smallest absolute Gasteiger partial charge is 0.224 e. The molecule has 0 radical (unpaired) electrons. The Morgan fingerprint density at radius 3 is 2.83 bits per heavy atom. The fraction of sp³-hybridized carbons (Fsp3) is 0.158. The van der Waals surface area contributed by atoms with Gasteiger partial charge in [-0.25, -0.2) is 0 Å². The molecule has 0 aliphatic rings. The Balaban J connectivity index is 1.69. The molecular weight excluding hydrogens is 288 g/mol. The van der Waals surface area contributed by atoms with Gasteiger partial charge >= 0.3 is 0 Å². The van der Waals surface area contributed by atoms with Crippen LogP contribution in [0.15, 0.2) is 60.8 Å². The number of nitrogens with one attached hydrogen (secondary N) is 1. The summed E-state index contributed by atoms with van der Waals surface area (Å²) in [4.78, 5) is 16.6. The predicted molar refractivity (Wildman–Crippen MR) is 91.7 cm³/mol. The van der Waals surface area contributed by atoms with E-state index in [1.165, 1.54) is 0 Å². The van der Waals surface area contributed by atoms with Crippen LogP contribution in [-0.2, 0) is 11.2 Å². The number of pyridine rings is 1. The SMILES string of the molecule is COc1ccccc1CCC(=O)Nc1cccc2ncccc12. The summed E-state index contributed by atoms with van der Waals surface area (Å²) in [7, 11) is 1.64. The molecule has 0 saturated heterocycles. The van der Waals surface area contributed by atoms with E-state index < -0.39 is 0 Å². The highest BCUT2D eigenvalue weighted by molar-refractivity contribution is 6.00. The summed E-state index contributed by atoms with van der Waals surface area (Å²) in [5.74, 6) is 0.793. The number of nitrogens with zero attached hydrogens (tertiary/aromatic N) is 1. The van der Waals surface area contributed by atoms with Gasteiger partial charge < -0.3 is 10.1 Å². The van der Waals surface area contributed by atoms with Crippen LogP contribution in [0.25, 0.3) is 10.9 Å². The van der Waals surface area contributed by atoms with Gasteiger partial charge in [-0.05, 0) is 42.3 Å². The van der Waals surface area contributed by atoms with Crippen LogP contribution in [0, 0.1) is 0 Å². The van der Waals surface area contributed by atoms with E-state index in [4.69, 9.17) is 4.74 Å². The van der Waals surface area contributed by atoms with Crippen molar-refractivity contribution in [3.8, 4) is 5.75 Å².